The highest BCUT2D eigenvalue weighted by molar-refractivity contribution is 8.00. The lowest BCUT2D eigenvalue weighted by molar-refractivity contribution is -0.145. The summed E-state index contributed by atoms with van der Waals surface area (Å²) in [6.45, 7) is 0. The van der Waals surface area contributed by atoms with E-state index < -0.39 is 5.97 Å². The maximum atomic E-state index is 12.0. The molecule has 1 spiro atoms. The van der Waals surface area contributed by atoms with Crippen LogP contribution in [0, 0.1) is 5.92 Å². The van der Waals surface area contributed by atoms with Crippen molar-refractivity contribution >= 4 is 23.6 Å². The summed E-state index contributed by atoms with van der Waals surface area (Å²) in [6.07, 6.45) is 7.84. The van der Waals surface area contributed by atoms with Gasteiger partial charge < -0.3 is 15.4 Å². The number of carbonyl (C=O) groups excluding carboxylic acids is 1. The van der Waals surface area contributed by atoms with Crippen molar-refractivity contribution in [1.29, 1.82) is 0 Å². The Morgan fingerprint density at radius 3 is 2.95 bits per heavy atom. The van der Waals surface area contributed by atoms with Crippen molar-refractivity contribution in [3.8, 4) is 0 Å². The van der Waals surface area contributed by atoms with Gasteiger partial charge in [0.15, 0.2) is 0 Å². The lowest BCUT2D eigenvalue weighted by atomic mass is 9.70. The number of H-pyrrole nitrogens is 1. The molecule has 1 aromatic heterocycles. The van der Waals surface area contributed by atoms with Crippen LogP contribution in [0.4, 0.5) is 0 Å². The van der Waals surface area contributed by atoms with Gasteiger partial charge in [0.25, 0.3) is 0 Å². The third kappa shape index (κ3) is 3.45. The minimum absolute atomic E-state index is 0.0533. The van der Waals surface area contributed by atoms with Crippen molar-refractivity contribution in [2.45, 2.75) is 49.3 Å². The number of hydrogen-bond donors (Lipinski definition) is 3. The Hall–Kier alpha value is -1.50. The summed E-state index contributed by atoms with van der Waals surface area (Å²) < 4.78 is 0.0836. The number of aromatic amines is 1. The molecule has 22 heavy (non-hydrogen) atoms. The second-order valence-corrected chi connectivity index (χ2v) is 7.83. The van der Waals surface area contributed by atoms with Gasteiger partial charge in [-0.15, -0.1) is 0 Å². The number of hydrogen-bond acceptors (Lipinski definition) is 4. The Bertz CT molecular complexity index is 540. The summed E-state index contributed by atoms with van der Waals surface area (Å²) in [4.78, 5) is 30.1. The number of aryl methyl sites for hydroxylation is 1. The number of nitrogens with zero attached hydrogens (tertiary/aromatic N) is 1. The van der Waals surface area contributed by atoms with E-state index >= 15 is 0 Å². The molecule has 1 aromatic rings. The van der Waals surface area contributed by atoms with Crippen molar-refractivity contribution in [3.05, 3.63) is 18.2 Å². The van der Waals surface area contributed by atoms with Gasteiger partial charge in [0.2, 0.25) is 5.91 Å². The smallest absolute Gasteiger partial charge is 0.306 e. The fourth-order valence-electron chi connectivity index (χ4n) is 3.41. The number of imidazole rings is 1. The molecule has 1 atom stereocenters. The molecule has 1 amide bonds. The lowest BCUT2D eigenvalue weighted by Crippen LogP contribution is -2.52. The first-order valence-corrected chi connectivity index (χ1v) is 8.69. The van der Waals surface area contributed by atoms with Gasteiger partial charge in [-0.05, 0) is 31.4 Å². The number of carboxylic acid groups (broad SMARTS) is 1. The van der Waals surface area contributed by atoms with Crippen molar-refractivity contribution in [3.63, 3.8) is 0 Å². The topological polar surface area (TPSA) is 95.1 Å². The van der Waals surface area contributed by atoms with E-state index in [4.69, 9.17) is 5.11 Å². The van der Waals surface area contributed by atoms with Crippen LogP contribution in [-0.4, -0.2) is 43.5 Å². The largest absolute Gasteiger partial charge is 0.481 e. The average molecular weight is 323 g/mol. The normalized spacial score (nSPS) is 30.7. The van der Waals surface area contributed by atoms with Crippen molar-refractivity contribution in [1.82, 2.24) is 15.3 Å². The number of nitrogens with one attached hydrogen (secondary N) is 2. The Balaban J connectivity index is 1.44. The molecule has 3 N–H and O–H groups in total. The van der Waals surface area contributed by atoms with E-state index in [1.165, 1.54) is 0 Å². The molecule has 6 nitrogen and oxygen atoms in total. The van der Waals surface area contributed by atoms with E-state index in [1.807, 2.05) is 11.8 Å². The van der Waals surface area contributed by atoms with Crippen LogP contribution in [0.25, 0.3) is 0 Å². The molecule has 1 saturated heterocycles. The Morgan fingerprint density at radius 2 is 2.27 bits per heavy atom. The SMILES string of the molecule is O=C(CCc1ncc[nH]1)NC1CCSC2(C1)CC(C(=O)O)C2. The molecule has 0 radical (unpaired) electrons. The summed E-state index contributed by atoms with van der Waals surface area (Å²) >= 11 is 1.89. The summed E-state index contributed by atoms with van der Waals surface area (Å²) in [7, 11) is 0. The van der Waals surface area contributed by atoms with Crippen LogP contribution < -0.4 is 5.32 Å². The average Bonchev–Trinajstić information content (AvgIpc) is 2.96. The first kappa shape index (κ1) is 15.4. The van der Waals surface area contributed by atoms with Crippen LogP contribution in [0.15, 0.2) is 12.4 Å². The number of aliphatic carboxylic acids is 1. The summed E-state index contributed by atoms with van der Waals surface area (Å²) in [5, 5.41) is 12.1. The zero-order chi connectivity index (χ0) is 15.6. The molecule has 0 bridgehead atoms. The van der Waals surface area contributed by atoms with Crippen LogP contribution >= 0.6 is 11.8 Å². The molecular formula is C15H21N3O3S. The molecule has 120 valence electrons. The zero-order valence-corrected chi connectivity index (χ0v) is 13.2. The lowest BCUT2D eigenvalue weighted by Gasteiger charge is -2.50. The van der Waals surface area contributed by atoms with E-state index in [1.54, 1.807) is 12.4 Å². The van der Waals surface area contributed by atoms with Crippen molar-refractivity contribution in [2.75, 3.05) is 5.75 Å². The van der Waals surface area contributed by atoms with E-state index in [0.29, 0.717) is 12.8 Å². The zero-order valence-electron chi connectivity index (χ0n) is 12.4. The van der Waals surface area contributed by atoms with E-state index in [-0.39, 0.29) is 22.6 Å². The number of aromatic nitrogens is 2. The minimum atomic E-state index is -0.684. The fraction of sp³-hybridized carbons (Fsp3) is 0.667. The number of thioether (sulfide) groups is 1. The maximum absolute atomic E-state index is 12.0. The molecule has 0 aromatic carbocycles. The third-order valence-electron chi connectivity index (χ3n) is 4.59. The number of amides is 1. The minimum Gasteiger partial charge on any atom is -0.481 e. The van der Waals surface area contributed by atoms with Gasteiger partial charge in [-0.2, -0.15) is 11.8 Å². The van der Waals surface area contributed by atoms with Gasteiger partial charge in [0.05, 0.1) is 5.92 Å². The number of carboxylic acids is 1. The Labute approximate surface area is 133 Å². The molecule has 2 heterocycles. The predicted octanol–water partition coefficient (Wildman–Crippen LogP) is 1.59. The van der Waals surface area contributed by atoms with Crippen LogP contribution in [0.2, 0.25) is 0 Å². The highest BCUT2D eigenvalue weighted by Gasteiger charge is 2.50. The highest BCUT2D eigenvalue weighted by atomic mass is 32.2. The monoisotopic (exact) mass is 323 g/mol. The standard InChI is InChI=1S/C15H21N3O3S/c19-13(2-1-12-16-4-5-17-12)18-11-3-6-22-15(9-11)7-10(8-15)14(20)21/h4-5,10-11H,1-3,6-9H2,(H,16,17)(H,18,19)(H,20,21). The molecular weight excluding hydrogens is 302 g/mol. The maximum Gasteiger partial charge on any atom is 0.306 e. The molecule has 1 aliphatic carbocycles. The van der Waals surface area contributed by atoms with E-state index in [0.717, 1.165) is 37.3 Å². The fourth-order valence-corrected chi connectivity index (χ4v) is 5.21. The van der Waals surface area contributed by atoms with Gasteiger partial charge in [0, 0.05) is 36.0 Å². The molecule has 2 aliphatic rings. The first-order valence-electron chi connectivity index (χ1n) is 7.71. The van der Waals surface area contributed by atoms with E-state index in [9.17, 15) is 9.59 Å². The Kier molecular flexibility index (Phi) is 4.42. The van der Waals surface area contributed by atoms with Gasteiger partial charge in [-0.25, -0.2) is 4.98 Å². The first-order chi connectivity index (χ1) is 10.6. The van der Waals surface area contributed by atoms with Crippen molar-refractivity contribution < 1.29 is 14.7 Å². The summed E-state index contributed by atoms with van der Waals surface area (Å²) in [5.41, 5.74) is 0. The molecule has 2 fully saturated rings. The van der Waals surface area contributed by atoms with Gasteiger partial charge in [-0.3, -0.25) is 9.59 Å². The van der Waals surface area contributed by atoms with Crippen LogP contribution in [0.5, 0.6) is 0 Å². The molecule has 3 rings (SSSR count). The quantitative estimate of drug-likeness (QED) is 0.765. The number of rotatable bonds is 5. The molecule has 7 heteroatoms. The summed E-state index contributed by atoms with van der Waals surface area (Å²) in [5.74, 6) is 0.999. The van der Waals surface area contributed by atoms with Gasteiger partial charge in [-0.1, -0.05) is 0 Å². The van der Waals surface area contributed by atoms with Gasteiger partial charge in [0.1, 0.15) is 5.82 Å². The van der Waals surface area contributed by atoms with Crippen LogP contribution in [0.3, 0.4) is 0 Å². The van der Waals surface area contributed by atoms with Crippen LogP contribution in [-0.2, 0) is 16.0 Å². The highest BCUT2D eigenvalue weighted by Crippen LogP contribution is 2.53. The third-order valence-corrected chi connectivity index (χ3v) is 6.14. The van der Waals surface area contributed by atoms with Gasteiger partial charge >= 0.3 is 5.97 Å². The van der Waals surface area contributed by atoms with Crippen LogP contribution in [0.1, 0.15) is 37.9 Å². The van der Waals surface area contributed by atoms with Crippen molar-refractivity contribution in [2.24, 2.45) is 5.92 Å². The summed E-state index contributed by atoms with van der Waals surface area (Å²) in [6, 6.07) is 0.181. The molecule has 1 unspecified atom stereocenters. The second-order valence-electron chi connectivity index (χ2n) is 6.27. The Morgan fingerprint density at radius 1 is 1.45 bits per heavy atom. The second kappa shape index (κ2) is 6.32. The molecule has 1 aliphatic heterocycles. The number of carbonyl (C=O) groups is 2. The van der Waals surface area contributed by atoms with E-state index in [2.05, 4.69) is 15.3 Å². The molecule has 1 saturated carbocycles. The predicted molar refractivity (Wildman–Crippen MR) is 83.6 cm³/mol.